The summed E-state index contributed by atoms with van der Waals surface area (Å²) < 4.78 is 13.1. The molecular formula is C12H19FN2O. The van der Waals surface area contributed by atoms with Crippen molar-refractivity contribution >= 4 is 5.69 Å². The van der Waals surface area contributed by atoms with Crippen LogP contribution in [0, 0.1) is 5.82 Å². The zero-order valence-electron chi connectivity index (χ0n) is 9.78. The van der Waals surface area contributed by atoms with Gasteiger partial charge in [-0.15, -0.1) is 0 Å². The van der Waals surface area contributed by atoms with Gasteiger partial charge in [-0.25, -0.2) is 4.39 Å². The Labute approximate surface area is 95.7 Å². The summed E-state index contributed by atoms with van der Waals surface area (Å²) in [5.74, 6) is -0.281. The van der Waals surface area contributed by atoms with Gasteiger partial charge in [-0.3, -0.25) is 0 Å². The Bertz CT molecular complexity index is 342. The largest absolute Gasteiger partial charge is 0.395 e. The van der Waals surface area contributed by atoms with Crippen LogP contribution in [0.4, 0.5) is 10.1 Å². The van der Waals surface area contributed by atoms with Crippen molar-refractivity contribution in [2.75, 3.05) is 24.6 Å². The highest BCUT2D eigenvalue weighted by atomic mass is 19.1. The molecule has 0 spiro atoms. The van der Waals surface area contributed by atoms with Crippen molar-refractivity contribution in [3.05, 3.63) is 29.6 Å². The molecule has 0 aromatic heterocycles. The van der Waals surface area contributed by atoms with E-state index in [-0.39, 0.29) is 18.5 Å². The van der Waals surface area contributed by atoms with E-state index in [2.05, 4.69) is 0 Å². The summed E-state index contributed by atoms with van der Waals surface area (Å²) in [6.45, 7) is 5.17. The smallest absolute Gasteiger partial charge is 0.123 e. The lowest BCUT2D eigenvalue weighted by atomic mass is 10.1. The van der Waals surface area contributed by atoms with Crippen LogP contribution in [-0.4, -0.2) is 24.8 Å². The molecule has 0 amide bonds. The number of aliphatic hydroxyl groups is 1. The number of hydrogen-bond acceptors (Lipinski definition) is 3. The number of aliphatic hydroxyl groups excluding tert-OH is 1. The third-order valence-electron chi connectivity index (χ3n) is 2.57. The van der Waals surface area contributed by atoms with Crippen molar-refractivity contribution in [2.45, 2.75) is 19.9 Å². The molecule has 0 saturated heterocycles. The van der Waals surface area contributed by atoms with E-state index in [1.807, 2.05) is 18.7 Å². The first-order valence-electron chi connectivity index (χ1n) is 5.51. The van der Waals surface area contributed by atoms with Crippen LogP contribution in [0.25, 0.3) is 0 Å². The van der Waals surface area contributed by atoms with Crippen LogP contribution >= 0.6 is 0 Å². The van der Waals surface area contributed by atoms with Crippen LogP contribution in [-0.2, 0) is 0 Å². The van der Waals surface area contributed by atoms with Crippen molar-refractivity contribution < 1.29 is 9.50 Å². The molecule has 0 fully saturated rings. The van der Waals surface area contributed by atoms with Crippen molar-refractivity contribution in [3.8, 4) is 0 Å². The predicted octanol–water partition coefficient (Wildman–Crippen LogP) is 1.66. The van der Waals surface area contributed by atoms with Gasteiger partial charge in [0.1, 0.15) is 5.82 Å². The van der Waals surface area contributed by atoms with E-state index >= 15 is 0 Å². The van der Waals surface area contributed by atoms with Crippen LogP contribution in [0.1, 0.15) is 25.5 Å². The Kier molecular flexibility index (Phi) is 4.71. The summed E-state index contributed by atoms with van der Waals surface area (Å²) in [5, 5.41) is 8.97. The van der Waals surface area contributed by atoms with Gasteiger partial charge in [0.15, 0.2) is 0 Å². The highest BCUT2D eigenvalue weighted by Gasteiger charge is 2.13. The van der Waals surface area contributed by atoms with Crippen LogP contribution in [0.15, 0.2) is 18.2 Å². The maximum atomic E-state index is 13.1. The Morgan fingerprint density at radius 1 is 1.50 bits per heavy atom. The molecule has 0 saturated carbocycles. The molecule has 1 atom stereocenters. The predicted molar refractivity (Wildman–Crippen MR) is 64.0 cm³/mol. The summed E-state index contributed by atoms with van der Waals surface area (Å²) in [5.41, 5.74) is 7.49. The van der Waals surface area contributed by atoms with Gasteiger partial charge in [0, 0.05) is 24.8 Å². The molecule has 4 heteroatoms. The lowest BCUT2D eigenvalue weighted by Gasteiger charge is -2.26. The summed E-state index contributed by atoms with van der Waals surface area (Å²) in [6, 6.07) is 4.37. The number of anilines is 1. The minimum atomic E-state index is -0.281. The lowest BCUT2D eigenvalue weighted by molar-refractivity contribution is 0.302. The second-order valence-electron chi connectivity index (χ2n) is 3.80. The molecule has 16 heavy (non-hydrogen) atoms. The Morgan fingerprint density at radius 2 is 2.19 bits per heavy atom. The Morgan fingerprint density at radius 3 is 2.69 bits per heavy atom. The third-order valence-corrected chi connectivity index (χ3v) is 2.57. The fraction of sp³-hybridized carbons (Fsp3) is 0.500. The molecule has 0 aliphatic heterocycles. The van der Waals surface area contributed by atoms with Gasteiger partial charge >= 0.3 is 0 Å². The van der Waals surface area contributed by atoms with Gasteiger partial charge in [0.2, 0.25) is 0 Å². The highest BCUT2D eigenvalue weighted by Crippen LogP contribution is 2.25. The molecular weight excluding hydrogens is 207 g/mol. The van der Waals surface area contributed by atoms with Crippen LogP contribution in [0.2, 0.25) is 0 Å². The van der Waals surface area contributed by atoms with Crippen LogP contribution in [0.5, 0.6) is 0 Å². The molecule has 3 N–H and O–H groups in total. The van der Waals surface area contributed by atoms with Crippen molar-refractivity contribution in [1.29, 1.82) is 0 Å². The van der Waals surface area contributed by atoms with E-state index in [4.69, 9.17) is 10.8 Å². The number of nitrogens with two attached hydrogens (primary N) is 1. The fourth-order valence-corrected chi connectivity index (χ4v) is 1.75. The topological polar surface area (TPSA) is 49.5 Å². The maximum Gasteiger partial charge on any atom is 0.123 e. The number of hydrogen-bond donors (Lipinski definition) is 2. The third kappa shape index (κ3) is 2.93. The quantitative estimate of drug-likeness (QED) is 0.803. The lowest BCUT2D eigenvalue weighted by Crippen LogP contribution is -2.28. The fourth-order valence-electron chi connectivity index (χ4n) is 1.75. The molecule has 1 aromatic carbocycles. The monoisotopic (exact) mass is 226 g/mol. The molecule has 0 heterocycles. The van der Waals surface area contributed by atoms with Gasteiger partial charge < -0.3 is 15.7 Å². The van der Waals surface area contributed by atoms with Gasteiger partial charge in [0.25, 0.3) is 0 Å². The van der Waals surface area contributed by atoms with E-state index in [1.54, 1.807) is 6.07 Å². The first kappa shape index (κ1) is 12.9. The first-order chi connectivity index (χ1) is 7.60. The van der Waals surface area contributed by atoms with Gasteiger partial charge in [-0.1, -0.05) is 0 Å². The number of benzene rings is 1. The van der Waals surface area contributed by atoms with E-state index < -0.39 is 0 Å². The number of nitrogens with zero attached hydrogens (tertiary/aromatic N) is 1. The molecule has 3 nitrogen and oxygen atoms in total. The van der Waals surface area contributed by atoms with Gasteiger partial charge in [-0.2, -0.15) is 0 Å². The van der Waals surface area contributed by atoms with Crippen molar-refractivity contribution in [3.63, 3.8) is 0 Å². The van der Waals surface area contributed by atoms with Crippen molar-refractivity contribution in [2.24, 2.45) is 5.73 Å². The summed E-state index contributed by atoms with van der Waals surface area (Å²) in [4.78, 5) is 1.98. The molecule has 0 aliphatic rings. The minimum absolute atomic E-state index is 0.0730. The summed E-state index contributed by atoms with van der Waals surface area (Å²) in [7, 11) is 0. The van der Waals surface area contributed by atoms with Gasteiger partial charge in [0.05, 0.1) is 6.61 Å². The molecule has 0 aliphatic carbocycles. The standard InChI is InChI=1S/C12H19FN2O/c1-3-15(6-7-16)12-5-4-10(13)8-11(12)9(2)14/h4-5,8-9,16H,3,6-7,14H2,1-2H3. The maximum absolute atomic E-state index is 13.1. The number of rotatable bonds is 5. The molecule has 90 valence electrons. The Balaban J connectivity index is 3.09. The normalized spacial score (nSPS) is 12.6. The molecule has 1 rings (SSSR count). The SMILES string of the molecule is CCN(CCO)c1ccc(F)cc1C(C)N. The molecule has 1 aromatic rings. The Hall–Kier alpha value is -1.13. The summed E-state index contributed by atoms with van der Waals surface area (Å²) >= 11 is 0. The summed E-state index contributed by atoms with van der Waals surface area (Å²) in [6.07, 6.45) is 0. The zero-order valence-corrected chi connectivity index (χ0v) is 9.78. The van der Waals surface area contributed by atoms with E-state index in [1.165, 1.54) is 12.1 Å². The average Bonchev–Trinajstić information content (AvgIpc) is 2.26. The second kappa shape index (κ2) is 5.82. The highest BCUT2D eigenvalue weighted by molar-refractivity contribution is 5.55. The van der Waals surface area contributed by atoms with Gasteiger partial charge in [-0.05, 0) is 37.6 Å². The zero-order chi connectivity index (χ0) is 12.1. The second-order valence-corrected chi connectivity index (χ2v) is 3.80. The minimum Gasteiger partial charge on any atom is -0.395 e. The first-order valence-corrected chi connectivity index (χ1v) is 5.51. The average molecular weight is 226 g/mol. The molecule has 0 bridgehead atoms. The van der Waals surface area contributed by atoms with E-state index in [0.29, 0.717) is 6.54 Å². The van der Waals surface area contributed by atoms with Crippen molar-refractivity contribution in [1.82, 2.24) is 0 Å². The van der Waals surface area contributed by atoms with E-state index in [0.717, 1.165) is 17.8 Å². The van der Waals surface area contributed by atoms with Crippen LogP contribution in [0.3, 0.4) is 0 Å². The number of likely N-dealkylation sites (N-methyl/N-ethyl adjacent to an activating group) is 1. The van der Waals surface area contributed by atoms with Crippen LogP contribution < -0.4 is 10.6 Å². The number of halogens is 1. The molecule has 0 radical (unpaired) electrons. The van der Waals surface area contributed by atoms with E-state index in [9.17, 15) is 4.39 Å². The molecule has 1 unspecified atom stereocenters.